The van der Waals surface area contributed by atoms with Gasteiger partial charge in [-0.15, -0.1) is 0 Å². The second-order valence-corrected chi connectivity index (χ2v) is 6.45. The lowest BCUT2D eigenvalue weighted by Crippen LogP contribution is -2.18. The van der Waals surface area contributed by atoms with Crippen LogP contribution in [-0.2, 0) is 6.42 Å². The number of aryl methyl sites for hydroxylation is 2. The molecule has 3 heteroatoms. The average molecular weight is 346 g/mol. The predicted molar refractivity (Wildman–Crippen MR) is 90.2 cm³/mol. The van der Waals surface area contributed by atoms with Gasteiger partial charge in [-0.05, 0) is 54.8 Å². The molecule has 2 aromatic rings. The summed E-state index contributed by atoms with van der Waals surface area (Å²) in [4.78, 5) is 0. The minimum Gasteiger partial charge on any atom is -0.493 e. The van der Waals surface area contributed by atoms with Crippen LogP contribution in [0.2, 0.25) is 0 Å². The topological polar surface area (TPSA) is 21.3 Å². The van der Waals surface area contributed by atoms with Gasteiger partial charge in [0, 0.05) is 10.9 Å². The zero-order chi connectivity index (χ0) is 15.0. The zero-order valence-corrected chi connectivity index (χ0v) is 14.3. The van der Waals surface area contributed by atoms with E-state index in [0.29, 0.717) is 0 Å². The fourth-order valence-corrected chi connectivity index (χ4v) is 3.29. The highest BCUT2D eigenvalue weighted by molar-refractivity contribution is 9.10. The zero-order valence-electron chi connectivity index (χ0n) is 12.7. The maximum absolute atomic E-state index is 5.60. The quantitative estimate of drug-likeness (QED) is 0.894. The van der Waals surface area contributed by atoms with Crippen LogP contribution in [0.25, 0.3) is 0 Å². The Morgan fingerprint density at radius 3 is 2.48 bits per heavy atom. The third-order valence-electron chi connectivity index (χ3n) is 4.13. The summed E-state index contributed by atoms with van der Waals surface area (Å²) in [5.74, 6) is 1.04. The van der Waals surface area contributed by atoms with Crippen molar-refractivity contribution in [3.63, 3.8) is 0 Å². The van der Waals surface area contributed by atoms with Crippen LogP contribution in [0, 0.1) is 13.8 Å². The van der Waals surface area contributed by atoms with Crippen molar-refractivity contribution in [1.29, 1.82) is 0 Å². The first-order chi connectivity index (χ1) is 10.1. The van der Waals surface area contributed by atoms with E-state index in [4.69, 9.17) is 4.74 Å². The van der Waals surface area contributed by atoms with E-state index in [-0.39, 0.29) is 6.04 Å². The fourth-order valence-electron chi connectivity index (χ4n) is 3.06. The molecule has 1 unspecified atom stereocenters. The molecule has 0 saturated carbocycles. The molecule has 1 atom stereocenters. The van der Waals surface area contributed by atoms with Crippen molar-refractivity contribution in [2.75, 3.05) is 13.7 Å². The summed E-state index contributed by atoms with van der Waals surface area (Å²) in [5.41, 5.74) is 6.46. The van der Waals surface area contributed by atoms with Gasteiger partial charge in [-0.2, -0.15) is 0 Å². The summed E-state index contributed by atoms with van der Waals surface area (Å²) in [7, 11) is 2.01. The predicted octanol–water partition coefficient (Wildman–Crippen LogP) is 4.31. The van der Waals surface area contributed by atoms with Gasteiger partial charge in [-0.25, -0.2) is 0 Å². The van der Waals surface area contributed by atoms with Crippen molar-refractivity contribution in [2.45, 2.75) is 26.3 Å². The van der Waals surface area contributed by atoms with Crippen molar-refractivity contribution in [1.82, 2.24) is 5.32 Å². The summed E-state index contributed by atoms with van der Waals surface area (Å²) in [6.07, 6.45) is 1.01. The van der Waals surface area contributed by atoms with E-state index in [1.165, 1.54) is 32.3 Å². The molecule has 0 aromatic heterocycles. The van der Waals surface area contributed by atoms with Crippen molar-refractivity contribution >= 4 is 15.9 Å². The summed E-state index contributed by atoms with van der Waals surface area (Å²) in [5, 5.41) is 3.44. The maximum Gasteiger partial charge on any atom is 0.122 e. The van der Waals surface area contributed by atoms with Gasteiger partial charge in [-0.3, -0.25) is 0 Å². The highest BCUT2D eigenvalue weighted by Gasteiger charge is 2.18. The summed E-state index contributed by atoms with van der Waals surface area (Å²) < 4.78 is 6.80. The smallest absolute Gasteiger partial charge is 0.122 e. The molecular weight excluding hydrogens is 326 g/mol. The Morgan fingerprint density at radius 2 is 1.81 bits per heavy atom. The SMILES string of the molecule is CNC(c1cc(C)c(Br)c(C)c1)c1ccc2c(c1)CCO2. The Morgan fingerprint density at radius 1 is 1.10 bits per heavy atom. The van der Waals surface area contributed by atoms with Crippen LogP contribution in [0.3, 0.4) is 0 Å². The molecule has 0 fully saturated rings. The summed E-state index contributed by atoms with van der Waals surface area (Å²) >= 11 is 3.64. The highest BCUT2D eigenvalue weighted by atomic mass is 79.9. The van der Waals surface area contributed by atoms with Gasteiger partial charge in [0.1, 0.15) is 5.75 Å². The number of halogens is 1. The fraction of sp³-hybridized carbons (Fsp3) is 0.333. The Hall–Kier alpha value is -1.32. The van der Waals surface area contributed by atoms with Gasteiger partial charge in [0.15, 0.2) is 0 Å². The van der Waals surface area contributed by atoms with Crippen LogP contribution in [-0.4, -0.2) is 13.7 Å². The standard InChI is InChI=1S/C18H20BrNO/c1-11-8-15(9-12(2)17(11)19)18(20-3)14-4-5-16-13(10-14)6-7-21-16/h4-5,8-10,18,20H,6-7H2,1-3H3. The third kappa shape index (κ3) is 2.72. The monoisotopic (exact) mass is 345 g/mol. The van der Waals surface area contributed by atoms with Crippen LogP contribution in [0.4, 0.5) is 0 Å². The normalized spacial score (nSPS) is 14.7. The molecular formula is C18H20BrNO. The molecule has 0 amide bonds. The van der Waals surface area contributed by atoms with Gasteiger partial charge in [0.2, 0.25) is 0 Å². The lowest BCUT2D eigenvalue weighted by atomic mass is 9.94. The molecule has 0 radical (unpaired) electrons. The van der Waals surface area contributed by atoms with Crippen molar-refractivity contribution in [3.8, 4) is 5.75 Å². The van der Waals surface area contributed by atoms with Crippen molar-refractivity contribution < 1.29 is 4.74 Å². The van der Waals surface area contributed by atoms with E-state index in [2.05, 4.69) is 65.4 Å². The first-order valence-corrected chi connectivity index (χ1v) is 8.09. The number of rotatable bonds is 3. The molecule has 21 heavy (non-hydrogen) atoms. The summed E-state index contributed by atoms with van der Waals surface area (Å²) in [6.45, 7) is 5.09. The molecule has 0 spiro atoms. The maximum atomic E-state index is 5.60. The Bertz CT molecular complexity index is 658. The molecule has 2 nitrogen and oxygen atoms in total. The van der Waals surface area contributed by atoms with Crippen LogP contribution < -0.4 is 10.1 Å². The minimum atomic E-state index is 0.210. The van der Waals surface area contributed by atoms with Gasteiger partial charge >= 0.3 is 0 Å². The van der Waals surface area contributed by atoms with E-state index in [1.54, 1.807) is 0 Å². The summed E-state index contributed by atoms with van der Waals surface area (Å²) in [6, 6.07) is 11.3. The van der Waals surface area contributed by atoms with Gasteiger partial charge in [0.25, 0.3) is 0 Å². The van der Waals surface area contributed by atoms with E-state index in [1.807, 2.05) is 7.05 Å². The average Bonchev–Trinajstić information content (AvgIpc) is 2.93. The number of benzene rings is 2. The van der Waals surface area contributed by atoms with Crippen molar-refractivity contribution in [3.05, 3.63) is 62.6 Å². The Balaban J connectivity index is 2.02. The number of hydrogen-bond donors (Lipinski definition) is 1. The second kappa shape index (κ2) is 5.82. The molecule has 2 aromatic carbocycles. The minimum absolute atomic E-state index is 0.210. The first kappa shape index (κ1) is 14.6. The Labute approximate surface area is 134 Å². The molecule has 1 aliphatic rings. The lowest BCUT2D eigenvalue weighted by Gasteiger charge is -2.20. The molecule has 0 bridgehead atoms. The lowest BCUT2D eigenvalue weighted by molar-refractivity contribution is 0.357. The molecule has 1 aliphatic heterocycles. The molecule has 0 saturated heterocycles. The van der Waals surface area contributed by atoms with Gasteiger partial charge in [-0.1, -0.05) is 40.2 Å². The molecule has 1 heterocycles. The van der Waals surface area contributed by atoms with E-state index in [0.717, 1.165) is 18.8 Å². The highest BCUT2D eigenvalue weighted by Crippen LogP contribution is 2.32. The second-order valence-electron chi connectivity index (χ2n) is 5.66. The largest absolute Gasteiger partial charge is 0.493 e. The molecule has 1 N–H and O–H groups in total. The molecule has 0 aliphatic carbocycles. The molecule has 110 valence electrons. The number of nitrogens with one attached hydrogen (secondary N) is 1. The molecule has 3 rings (SSSR count). The van der Waals surface area contributed by atoms with Gasteiger partial charge in [0.05, 0.1) is 12.6 Å². The van der Waals surface area contributed by atoms with E-state index in [9.17, 15) is 0 Å². The number of ether oxygens (including phenoxy) is 1. The van der Waals surface area contributed by atoms with E-state index < -0.39 is 0 Å². The van der Waals surface area contributed by atoms with E-state index >= 15 is 0 Å². The van der Waals surface area contributed by atoms with Crippen LogP contribution in [0.1, 0.15) is 33.9 Å². The van der Waals surface area contributed by atoms with Crippen LogP contribution >= 0.6 is 15.9 Å². The van der Waals surface area contributed by atoms with Gasteiger partial charge < -0.3 is 10.1 Å². The van der Waals surface area contributed by atoms with Crippen molar-refractivity contribution in [2.24, 2.45) is 0 Å². The Kier molecular flexibility index (Phi) is 4.05. The number of hydrogen-bond acceptors (Lipinski definition) is 2. The number of fused-ring (bicyclic) bond motifs is 1. The van der Waals surface area contributed by atoms with Crippen LogP contribution in [0.15, 0.2) is 34.8 Å². The first-order valence-electron chi connectivity index (χ1n) is 7.29. The third-order valence-corrected chi connectivity index (χ3v) is 5.38. The van der Waals surface area contributed by atoms with Crippen LogP contribution in [0.5, 0.6) is 5.75 Å².